The number of aromatic hydroxyl groups is 1. The van der Waals surface area contributed by atoms with Crippen LogP contribution in [0.25, 0.3) is 0 Å². The number of hydrogen-bond acceptors (Lipinski definition) is 4. The van der Waals surface area contributed by atoms with Gasteiger partial charge in [0.05, 0.1) is 10.7 Å². The van der Waals surface area contributed by atoms with Crippen LogP contribution in [0.15, 0.2) is 22.7 Å². The molecule has 0 spiro atoms. The van der Waals surface area contributed by atoms with Gasteiger partial charge in [0.15, 0.2) is 0 Å². The maximum atomic E-state index is 9.32. The van der Waals surface area contributed by atoms with Gasteiger partial charge in [-0.3, -0.25) is 0 Å². The summed E-state index contributed by atoms with van der Waals surface area (Å²) >= 11 is 5.84. The first-order valence-corrected chi connectivity index (χ1v) is 6.05. The average molecular weight is 267 g/mol. The van der Waals surface area contributed by atoms with Crippen molar-refractivity contribution >= 4 is 11.6 Å². The van der Waals surface area contributed by atoms with Crippen molar-refractivity contribution in [2.75, 3.05) is 0 Å². The van der Waals surface area contributed by atoms with Crippen molar-refractivity contribution in [3.8, 4) is 5.75 Å². The number of phenols is 1. The molecule has 0 amide bonds. The predicted octanol–water partition coefficient (Wildman–Crippen LogP) is 2.94. The van der Waals surface area contributed by atoms with Crippen LogP contribution in [0.4, 0.5) is 0 Å². The van der Waals surface area contributed by atoms with Crippen molar-refractivity contribution in [1.82, 2.24) is 10.5 Å². The normalized spacial score (nSPS) is 10.8. The fraction of sp³-hybridized carbons (Fsp3) is 0.308. The summed E-state index contributed by atoms with van der Waals surface area (Å²) in [6.45, 7) is 5.18. The van der Waals surface area contributed by atoms with E-state index >= 15 is 0 Å². The molecular weight excluding hydrogens is 252 g/mol. The van der Waals surface area contributed by atoms with Gasteiger partial charge in [0.25, 0.3) is 0 Å². The van der Waals surface area contributed by atoms with Gasteiger partial charge in [0.1, 0.15) is 11.5 Å². The Labute approximate surface area is 111 Å². The van der Waals surface area contributed by atoms with Gasteiger partial charge in [0.2, 0.25) is 0 Å². The van der Waals surface area contributed by atoms with Crippen LogP contribution in [0.2, 0.25) is 5.02 Å². The summed E-state index contributed by atoms with van der Waals surface area (Å²) in [5.74, 6) is 0.940. The van der Waals surface area contributed by atoms with E-state index in [1.807, 2.05) is 19.9 Å². The van der Waals surface area contributed by atoms with Gasteiger partial charge in [-0.05, 0) is 31.5 Å². The zero-order valence-electron chi connectivity index (χ0n) is 10.3. The number of halogens is 1. The topological polar surface area (TPSA) is 58.3 Å². The van der Waals surface area contributed by atoms with Gasteiger partial charge in [0, 0.05) is 18.7 Å². The number of benzene rings is 1. The van der Waals surface area contributed by atoms with E-state index in [1.165, 1.54) is 0 Å². The maximum absolute atomic E-state index is 9.32. The van der Waals surface area contributed by atoms with E-state index in [4.69, 9.17) is 16.1 Å². The first-order chi connectivity index (χ1) is 8.58. The van der Waals surface area contributed by atoms with Gasteiger partial charge < -0.3 is 14.9 Å². The largest absolute Gasteiger partial charge is 0.506 e. The summed E-state index contributed by atoms with van der Waals surface area (Å²) < 4.78 is 5.09. The molecule has 0 radical (unpaired) electrons. The molecule has 2 N–H and O–H groups in total. The van der Waals surface area contributed by atoms with Crippen molar-refractivity contribution in [2.45, 2.75) is 26.9 Å². The fourth-order valence-corrected chi connectivity index (χ4v) is 1.95. The Morgan fingerprint density at radius 1 is 1.33 bits per heavy atom. The molecule has 4 nitrogen and oxygen atoms in total. The molecule has 0 saturated carbocycles. The Morgan fingerprint density at radius 3 is 2.72 bits per heavy atom. The van der Waals surface area contributed by atoms with Crippen LogP contribution < -0.4 is 5.32 Å². The lowest BCUT2D eigenvalue weighted by atomic mass is 10.2. The molecule has 0 bridgehead atoms. The Morgan fingerprint density at radius 2 is 2.11 bits per heavy atom. The third kappa shape index (κ3) is 2.83. The lowest BCUT2D eigenvalue weighted by Gasteiger charge is -2.06. The third-order valence-corrected chi connectivity index (χ3v) is 3.13. The highest BCUT2D eigenvalue weighted by molar-refractivity contribution is 6.32. The molecule has 0 unspecified atom stereocenters. The van der Waals surface area contributed by atoms with Crippen LogP contribution in [0.5, 0.6) is 5.75 Å². The second-order valence-corrected chi connectivity index (χ2v) is 4.60. The number of aromatic nitrogens is 1. The van der Waals surface area contributed by atoms with Crippen molar-refractivity contribution in [2.24, 2.45) is 0 Å². The van der Waals surface area contributed by atoms with Crippen LogP contribution in [-0.2, 0) is 13.1 Å². The lowest BCUT2D eigenvalue weighted by molar-refractivity contribution is 0.392. The van der Waals surface area contributed by atoms with Crippen molar-refractivity contribution < 1.29 is 9.63 Å². The molecule has 1 aromatic heterocycles. The number of rotatable bonds is 4. The molecule has 5 heteroatoms. The predicted molar refractivity (Wildman–Crippen MR) is 69.6 cm³/mol. The molecule has 2 rings (SSSR count). The van der Waals surface area contributed by atoms with E-state index in [-0.39, 0.29) is 5.75 Å². The molecule has 1 heterocycles. The van der Waals surface area contributed by atoms with E-state index < -0.39 is 0 Å². The Hall–Kier alpha value is -1.52. The van der Waals surface area contributed by atoms with E-state index in [2.05, 4.69) is 10.5 Å². The van der Waals surface area contributed by atoms with Crippen molar-refractivity contribution in [3.05, 3.63) is 45.8 Å². The van der Waals surface area contributed by atoms with Gasteiger partial charge in [-0.25, -0.2) is 0 Å². The SMILES string of the molecule is Cc1noc(C)c1CNCc1ccc(O)c(Cl)c1. The molecule has 96 valence electrons. The molecule has 0 aliphatic carbocycles. The van der Waals surface area contributed by atoms with Gasteiger partial charge in [-0.1, -0.05) is 22.8 Å². The highest BCUT2D eigenvalue weighted by Crippen LogP contribution is 2.23. The molecule has 0 aliphatic rings. The second kappa shape index (κ2) is 5.42. The summed E-state index contributed by atoms with van der Waals surface area (Å²) in [4.78, 5) is 0. The van der Waals surface area contributed by atoms with Crippen molar-refractivity contribution in [3.63, 3.8) is 0 Å². The number of phenolic OH excluding ortho intramolecular Hbond substituents is 1. The highest BCUT2D eigenvalue weighted by atomic mass is 35.5. The van der Waals surface area contributed by atoms with Gasteiger partial charge in [-0.15, -0.1) is 0 Å². The summed E-state index contributed by atoms with van der Waals surface area (Å²) in [6.07, 6.45) is 0. The fourth-order valence-electron chi connectivity index (χ4n) is 1.75. The molecule has 1 aromatic carbocycles. The monoisotopic (exact) mass is 266 g/mol. The number of nitrogens with zero attached hydrogens (tertiary/aromatic N) is 1. The first-order valence-electron chi connectivity index (χ1n) is 5.68. The van der Waals surface area contributed by atoms with E-state index in [9.17, 15) is 5.11 Å². The van der Waals surface area contributed by atoms with Crippen LogP contribution >= 0.6 is 11.6 Å². The number of nitrogens with one attached hydrogen (secondary N) is 1. The Balaban J connectivity index is 1.94. The minimum Gasteiger partial charge on any atom is -0.506 e. The van der Waals surface area contributed by atoms with Crippen molar-refractivity contribution in [1.29, 1.82) is 0 Å². The molecule has 0 fully saturated rings. The minimum absolute atomic E-state index is 0.103. The summed E-state index contributed by atoms with van der Waals surface area (Å²) in [5, 5.41) is 16.9. The summed E-state index contributed by atoms with van der Waals surface area (Å²) in [5.41, 5.74) is 3.01. The van der Waals surface area contributed by atoms with Crippen LogP contribution in [0.1, 0.15) is 22.6 Å². The molecule has 0 atom stereocenters. The third-order valence-electron chi connectivity index (χ3n) is 2.82. The number of hydrogen-bond donors (Lipinski definition) is 2. The summed E-state index contributed by atoms with van der Waals surface area (Å²) in [6, 6.07) is 5.17. The van der Waals surface area contributed by atoms with Crippen LogP contribution in [0, 0.1) is 13.8 Å². The smallest absolute Gasteiger partial charge is 0.138 e. The van der Waals surface area contributed by atoms with E-state index in [0.717, 1.165) is 22.6 Å². The van der Waals surface area contributed by atoms with E-state index in [0.29, 0.717) is 18.1 Å². The Bertz CT molecular complexity index is 532. The van der Waals surface area contributed by atoms with Crippen LogP contribution in [-0.4, -0.2) is 10.3 Å². The quantitative estimate of drug-likeness (QED) is 0.893. The Kier molecular flexibility index (Phi) is 3.89. The van der Waals surface area contributed by atoms with Gasteiger partial charge >= 0.3 is 0 Å². The zero-order chi connectivity index (χ0) is 13.1. The number of aryl methyl sites for hydroxylation is 2. The standard InChI is InChI=1S/C13H15ClN2O2/c1-8-11(9(2)18-16-8)7-15-6-10-3-4-13(17)12(14)5-10/h3-5,15,17H,6-7H2,1-2H3. The molecule has 18 heavy (non-hydrogen) atoms. The second-order valence-electron chi connectivity index (χ2n) is 4.19. The minimum atomic E-state index is 0.103. The van der Waals surface area contributed by atoms with E-state index in [1.54, 1.807) is 12.1 Å². The molecular formula is C13H15ClN2O2. The average Bonchev–Trinajstić information content (AvgIpc) is 2.65. The molecule has 2 aromatic rings. The molecule has 0 aliphatic heterocycles. The zero-order valence-corrected chi connectivity index (χ0v) is 11.1. The van der Waals surface area contributed by atoms with Crippen LogP contribution in [0.3, 0.4) is 0 Å². The lowest BCUT2D eigenvalue weighted by Crippen LogP contribution is -2.13. The highest BCUT2D eigenvalue weighted by Gasteiger charge is 2.08. The summed E-state index contributed by atoms with van der Waals surface area (Å²) in [7, 11) is 0. The first kappa shape index (κ1) is 12.9. The van der Waals surface area contributed by atoms with Gasteiger partial charge in [-0.2, -0.15) is 0 Å². The molecule has 0 saturated heterocycles. The maximum Gasteiger partial charge on any atom is 0.138 e.